The Morgan fingerprint density at radius 1 is 1.75 bits per heavy atom. The van der Waals surface area contributed by atoms with Gasteiger partial charge < -0.3 is 10.1 Å². The summed E-state index contributed by atoms with van der Waals surface area (Å²) >= 11 is -1.98. The van der Waals surface area contributed by atoms with Crippen molar-refractivity contribution in [3.63, 3.8) is 0 Å². The molecule has 1 heterocycles. The number of hydrogen-bond acceptors (Lipinski definition) is 3. The van der Waals surface area contributed by atoms with E-state index in [0.717, 1.165) is 0 Å². The molecule has 0 aromatic heterocycles. The third-order valence-corrected chi connectivity index (χ3v) is 2.28. The maximum Gasteiger partial charge on any atom is 0.234 e. The number of hydrogen-bond donors (Lipinski definition) is 2. The molecule has 1 saturated heterocycles. The van der Waals surface area contributed by atoms with E-state index in [0.29, 0.717) is 19.6 Å². The minimum atomic E-state index is -1.98. The summed E-state index contributed by atoms with van der Waals surface area (Å²) in [7, 11) is 0. The van der Waals surface area contributed by atoms with E-state index in [1.54, 1.807) is 0 Å². The van der Waals surface area contributed by atoms with Crippen LogP contribution in [-0.4, -0.2) is 45.4 Å². The summed E-state index contributed by atoms with van der Waals surface area (Å²) in [4.78, 5) is 10.0. The summed E-state index contributed by atoms with van der Waals surface area (Å²) in [5.74, 6) is 0. The van der Waals surface area contributed by atoms with Gasteiger partial charge in [0.05, 0.1) is 13.2 Å². The Labute approximate surface area is 72.3 Å². The SMILES string of the molecule is O=CNC1CN(S(=O)O)CCO1. The summed E-state index contributed by atoms with van der Waals surface area (Å²) in [5.41, 5.74) is 0. The van der Waals surface area contributed by atoms with E-state index in [1.165, 1.54) is 4.31 Å². The summed E-state index contributed by atoms with van der Waals surface area (Å²) < 4.78 is 25.6. The lowest BCUT2D eigenvalue weighted by Gasteiger charge is -2.29. The molecule has 1 rings (SSSR count). The fourth-order valence-corrected chi connectivity index (χ4v) is 1.44. The maximum absolute atomic E-state index is 10.6. The topological polar surface area (TPSA) is 78.9 Å². The largest absolute Gasteiger partial charge is 0.356 e. The number of nitrogens with one attached hydrogen (secondary N) is 1. The normalized spacial score (nSPS) is 27.9. The lowest BCUT2D eigenvalue weighted by molar-refractivity contribution is -0.115. The molecule has 2 unspecified atom stereocenters. The molecule has 70 valence electrons. The average molecular weight is 194 g/mol. The molecule has 6 nitrogen and oxygen atoms in total. The van der Waals surface area contributed by atoms with Crippen LogP contribution in [0.2, 0.25) is 0 Å². The fraction of sp³-hybridized carbons (Fsp3) is 0.800. The van der Waals surface area contributed by atoms with E-state index >= 15 is 0 Å². The molecule has 1 amide bonds. The van der Waals surface area contributed by atoms with Crippen LogP contribution in [0.25, 0.3) is 0 Å². The highest BCUT2D eigenvalue weighted by atomic mass is 32.2. The predicted molar refractivity (Wildman–Crippen MR) is 41.3 cm³/mol. The van der Waals surface area contributed by atoms with Gasteiger partial charge in [0.25, 0.3) is 0 Å². The molecule has 0 aliphatic carbocycles. The highest BCUT2D eigenvalue weighted by Crippen LogP contribution is 2.03. The minimum absolute atomic E-state index is 0.238. The smallest absolute Gasteiger partial charge is 0.234 e. The van der Waals surface area contributed by atoms with E-state index in [4.69, 9.17) is 9.29 Å². The van der Waals surface area contributed by atoms with Gasteiger partial charge in [-0.25, -0.2) is 4.21 Å². The second-order valence-corrected chi connectivity index (χ2v) is 3.24. The quantitative estimate of drug-likeness (QED) is 0.424. The number of ether oxygens (including phenoxy) is 1. The monoisotopic (exact) mass is 194 g/mol. The highest BCUT2D eigenvalue weighted by molar-refractivity contribution is 7.76. The van der Waals surface area contributed by atoms with E-state index in [2.05, 4.69) is 5.32 Å². The molecule has 2 atom stereocenters. The number of carbonyl (C=O) groups excluding carboxylic acids is 1. The van der Waals surface area contributed by atoms with Gasteiger partial charge >= 0.3 is 0 Å². The van der Waals surface area contributed by atoms with Gasteiger partial charge in [-0.2, -0.15) is 4.31 Å². The van der Waals surface area contributed by atoms with Gasteiger partial charge in [0.1, 0.15) is 6.23 Å². The first-order chi connectivity index (χ1) is 5.74. The molecule has 0 spiro atoms. The first-order valence-electron chi connectivity index (χ1n) is 3.41. The van der Waals surface area contributed by atoms with Gasteiger partial charge in [0, 0.05) is 6.54 Å². The Balaban J connectivity index is 2.39. The Bertz CT molecular complexity index is 188. The zero-order valence-corrected chi connectivity index (χ0v) is 7.12. The van der Waals surface area contributed by atoms with Gasteiger partial charge in [-0.1, -0.05) is 0 Å². The van der Waals surface area contributed by atoms with Crippen molar-refractivity contribution >= 4 is 17.7 Å². The standard InChI is InChI=1S/C5H10N2O4S/c8-4-6-5-3-7(12(9)10)1-2-11-5/h4-5H,1-3H2,(H,6,8)(H,9,10). The zero-order valence-electron chi connectivity index (χ0n) is 6.30. The Morgan fingerprint density at radius 3 is 3.08 bits per heavy atom. The second-order valence-electron chi connectivity index (χ2n) is 2.26. The van der Waals surface area contributed by atoms with Gasteiger partial charge in [-0.3, -0.25) is 9.35 Å². The molecule has 12 heavy (non-hydrogen) atoms. The fourth-order valence-electron chi connectivity index (χ4n) is 0.944. The van der Waals surface area contributed by atoms with Crippen LogP contribution in [0, 0.1) is 0 Å². The molecule has 2 N–H and O–H groups in total. The van der Waals surface area contributed by atoms with Gasteiger partial charge in [0.15, 0.2) is 0 Å². The Hall–Kier alpha value is -0.500. The average Bonchev–Trinajstić information content (AvgIpc) is 2.05. The number of amides is 1. The van der Waals surface area contributed by atoms with Crippen molar-refractivity contribution in [1.82, 2.24) is 9.62 Å². The third kappa shape index (κ3) is 2.52. The maximum atomic E-state index is 10.6. The van der Waals surface area contributed by atoms with Crippen molar-refractivity contribution in [2.45, 2.75) is 6.23 Å². The van der Waals surface area contributed by atoms with Crippen molar-refractivity contribution in [2.24, 2.45) is 0 Å². The second kappa shape index (κ2) is 4.51. The van der Waals surface area contributed by atoms with Crippen LogP contribution in [0.15, 0.2) is 0 Å². The molecule has 0 saturated carbocycles. The van der Waals surface area contributed by atoms with E-state index in [1.807, 2.05) is 0 Å². The number of carbonyl (C=O) groups is 1. The zero-order chi connectivity index (χ0) is 8.97. The molecule has 0 bridgehead atoms. The molecule has 0 radical (unpaired) electrons. The lowest BCUT2D eigenvalue weighted by Crippen LogP contribution is -2.49. The highest BCUT2D eigenvalue weighted by Gasteiger charge is 2.22. The molecule has 7 heteroatoms. The van der Waals surface area contributed by atoms with Crippen molar-refractivity contribution in [2.75, 3.05) is 19.7 Å². The van der Waals surface area contributed by atoms with Crippen LogP contribution in [0.5, 0.6) is 0 Å². The van der Waals surface area contributed by atoms with Crippen LogP contribution in [-0.2, 0) is 20.8 Å². The predicted octanol–water partition coefficient (Wildman–Crippen LogP) is -1.47. The first kappa shape index (κ1) is 9.59. The van der Waals surface area contributed by atoms with Crippen LogP contribution in [0.4, 0.5) is 0 Å². The van der Waals surface area contributed by atoms with Crippen molar-refractivity contribution in [3.8, 4) is 0 Å². The van der Waals surface area contributed by atoms with Gasteiger partial charge in [0.2, 0.25) is 17.7 Å². The van der Waals surface area contributed by atoms with Crippen molar-refractivity contribution in [1.29, 1.82) is 0 Å². The van der Waals surface area contributed by atoms with Crippen LogP contribution >= 0.6 is 0 Å². The summed E-state index contributed by atoms with van der Waals surface area (Å²) in [6.45, 7) is 0.986. The van der Waals surface area contributed by atoms with Crippen LogP contribution < -0.4 is 5.32 Å². The van der Waals surface area contributed by atoms with E-state index < -0.39 is 17.5 Å². The van der Waals surface area contributed by atoms with Gasteiger partial charge in [-0.05, 0) is 0 Å². The summed E-state index contributed by atoms with van der Waals surface area (Å²) in [6, 6.07) is 0. The Kier molecular flexibility index (Phi) is 3.60. The molecular weight excluding hydrogens is 184 g/mol. The Morgan fingerprint density at radius 2 is 2.50 bits per heavy atom. The van der Waals surface area contributed by atoms with Gasteiger partial charge in [-0.15, -0.1) is 0 Å². The first-order valence-corrected chi connectivity index (χ1v) is 4.47. The minimum Gasteiger partial charge on any atom is -0.356 e. The number of nitrogens with zero attached hydrogens (tertiary/aromatic N) is 1. The summed E-state index contributed by atoms with van der Waals surface area (Å²) in [6.07, 6.45) is 0.0291. The van der Waals surface area contributed by atoms with Crippen LogP contribution in [0.1, 0.15) is 0 Å². The molecular formula is C5H10N2O4S. The lowest BCUT2D eigenvalue weighted by atomic mass is 10.4. The molecule has 0 aromatic carbocycles. The van der Waals surface area contributed by atoms with E-state index in [9.17, 15) is 9.00 Å². The number of rotatable bonds is 3. The molecule has 0 aromatic rings. The molecule has 1 aliphatic rings. The molecule has 1 aliphatic heterocycles. The third-order valence-electron chi connectivity index (χ3n) is 1.50. The molecule has 1 fully saturated rings. The van der Waals surface area contributed by atoms with Crippen molar-refractivity contribution in [3.05, 3.63) is 0 Å². The number of morpholine rings is 1. The van der Waals surface area contributed by atoms with E-state index in [-0.39, 0.29) is 6.54 Å². The van der Waals surface area contributed by atoms with Crippen LogP contribution in [0.3, 0.4) is 0 Å². The summed E-state index contributed by atoms with van der Waals surface area (Å²) in [5, 5.41) is 2.38. The van der Waals surface area contributed by atoms with Crippen molar-refractivity contribution < 1.29 is 18.3 Å².